The number of rotatable bonds is 6. The van der Waals surface area contributed by atoms with E-state index in [1.165, 1.54) is 18.2 Å². The smallest absolute Gasteiger partial charge is 0.346 e. The Kier molecular flexibility index (Phi) is 5.41. The minimum atomic E-state index is -4.31. The number of amides is 1. The summed E-state index contributed by atoms with van der Waals surface area (Å²) in [5, 5.41) is 2.63. The molecule has 33 heavy (non-hydrogen) atoms. The number of carbonyl (C=O) groups excluding carboxylic acids is 1. The van der Waals surface area contributed by atoms with Crippen LogP contribution >= 0.6 is 15.9 Å². The molecule has 3 aliphatic rings. The molecule has 0 atom stereocenters. The highest BCUT2D eigenvalue weighted by Gasteiger charge is 2.79. The molecule has 2 aromatic rings. The number of carbonyl (C=O) groups is 1. The van der Waals surface area contributed by atoms with Gasteiger partial charge in [-0.15, -0.1) is 0 Å². The number of nitrogens with one attached hydrogen (secondary N) is 2. The number of anilines is 1. The molecule has 0 unspecified atom stereocenters. The van der Waals surface area contributed by atoms with E-state index in [-0.39, 0.29) is 40.3 Å². The first-order chi connectivity index (χ1) is 15.1. The van der Waals surface area contributed by atoms with Gasteiger partial charge in [-0.05, 0) is 61.7 Å². The fraction of sp³-hybridized carbons (Fsp3) is 0.350. The van der Waals surface area contributed by atoms with E-state index in [9.17, 15) is 34.8 Å². The van der Waals surface area contributed by atoms with Crippen LogP contribution in [-0.2, 0) is 19.9 Å². The van der Waals surface area contributed by atoms with Gasteiger partial charge in [0.15, 0.2) is 9.84 Å². The van der Waals surface area contributed by atoms with E-state index < -0.39 is 42.9 Å². The highest BCUT2D eigenvalue weighted by atomic mass is 79.9. The molecule has 2 N–H and O–H groups in total. The van der Waals surface area contributed by atoms with Crippen molar-refractivity contribution in [3.05, 3.63) is 52.5 Å². The van der Waals surface area contributed by atoms with Crippen molar-refractivity contribution in [3.63, 3.8) is 0 Å². The molecule has 0 radical (unpaired) electrons. The lowest BCUT2D eigenvalue weighted by Gasteiger charge is -2.70. The Morgan fingerprint density at radius 2 is 1.52 bits per heavy atom. The molecule has 178 valence electrons. The first kappa shape index (κ1) is 24.0. The van der Waals surface area contributed by atoms with E-state index in [4.69, 9.17) is 0 Å². The van der Waals surface area contributed by atoms with Crippen molar-refractivity contribution in [2.45, 2.75) is 40.8 Å². The van der Waals surface area contributed by atoms with Gasteiger partial charge in [0.1, 0.15) is 0 Å². The van der Waals surface area contributed by atoms with Gasteiger partial charge < -0.3 is 5.32 Å². The highest BCUT2D eigenvalue weighted by molar-refractivity contribution is 9.10. The van der Waals surface area contributed by atoms with Crippen LogP contribution in [-0.4, -0.2) is 40.7 Å². The Bertz CT molecular complexity index is 1340. The average molecular weight is 567 g/mol. The SMILES string of the molecule is CS(=O)(=O)c1ccc(S(=O)(=O)Nc2cc(Br)ccc2C(=O)NC23CC(C(F)(F)F)(C2)C3)cc1. The van der Waals surface area contributed by atoms with Gasteiger partial charge in [0.2, 0.25) is 0 Å². The van der Waals surface area contributed by atoms with Gasteiger partial charge in [-0.3, -0.25) is 9.52 Å². The van der Waals surface area contributed by atoms with Crippen molar-refractivity contribution < 1.29 is 34.8 Å². The fourth-order valence-corrected chi connectivity index (χ4v) is 6.46. The average Bonchev–Trinajstić information content (AvgIpc) is 2.61. The second kappa shape index (κ2) is 7.44. The van der Waals surface area contributed by atoms with Crippen molar-refractivity contribution in [1.82, 2.24) is 5.32 Å². The lowest BCUT2D eigenvalue weighted by atomic mass is 9.39. The molecule has 1 amide bonds. The fourth-order valence-electron chi connectivity index (χ4n) is 4.40. The zero-order chi connectivity index (χ0) is 24.4. The number of alkyl halides is 3. The van der Waals surface area contributed by atoms with Crippen LogP contribution in [0.5, 0.6) is 0 Å². The molecule has 5 rings (SSSR count). The summed E-state index contributed by atoms with van der Waals surface area (Å²) in [6.45, 7) is 0. The largest absolute Gasteiger partial charge is 0.394 e. The van der Waals surface area contributed by atoms with Gasteiger partial charge in [0.25, 0.3) is 15.9 Å². The molecule has 3 aliphatic carbocycles. The molecule has 3 fully saturated rings. The van der Waals surface area contributed by atoms with Gasteiger partial charge >= 0.3 is 6.18 Å². The third-order valence-corrected chi connectivity index (χ3v) is 9.05. The molecule has 0 aliphatic heterocycles. The highest BCUT2D eigenvalue weighted by Crippen LogP contribution is 2.73. The Morgan fingerprint density at radius 3 is 2.03 bits per heavy atom. The monoisotopic (exact) mass is 566 g/mol. The Morgan fingerprint density at radius 1 is 0.970 bits per heavy atom. The van der Waals surface area contributed by atoms with Gasteiger partial charge in [-0.2, -0.15) is 13.2 Å². The Hall–Kier alpha value is -2.12. The van der Waals surface area contributed by atoms with Crippen LogP contribution in [0.4, 0.5) is 18.9 Å². The summed E-state index contributed by atoms with van der Waals surface area (Å²) in [7, 11) is -7.71. The normalized spacial score (nSPS) is 24.4. The lowest BCUT2D eigenvalue weighted by Crippen LogP contribution is -2.78. The van der Waals surface area contributed by atoms with E-state index in [1.807, 2.05) is 0 Å². The number of hydrogen-bond acceptors (Lipinski definition) is 5. The number of sulfonamides is 1. The molecule has 13 heteroatoms. The van der Waals surface area contributed by atoms with Crippen LogP contribution in [0, 0.1) is 5.41 Å². The molecule has 2 bridgehead atoms. The maximum absolute atomic E-state index is 13.1. The zero-order valence-corrected chi connectivity index (χ0v) is 20.3. The standard InChI is InChI=1S/C20H18BrF3N2O5S2/c1-32(28,29)13-3-5-14(6-4-13)33(30,31)26-16-8-12(21)2-7-15(16)17(27)25-19-9-18(10-19,11-19)20(22,23)24/h2-8,26H,9-11H2,1H3,(H,25,27). The summed E-state index contributed by atoms with van der Waals surface area (Å²) in [5.41, 5.74) is -2.80. The summed E-state index contributed by atoms with van der Waals surface area (Å²) < 4.78 is 90.8. The van der Waals surface area contributed by atoms with Crippen LogP contribution in [0.15, 0.2) is 56.7 Å². The topological polar surface area (TPSA) is 109 Å². The number of sulfone groups is 1. The van der Waals surface area contributed by atoms with Crippen molar-refractivity contribution in [2.75, 3.05) is 11.0 Å². The van der Waals surface area contributed by atoms with Crippen molar-refractivity contribution in [2.24, 2.45) is 5.41 Å². The minimum Gasteiger partial charge on any atom is -0.346 e. The van der Waals surface area contributed by atoms with Crippen LogP contribution in [0.1, 0.15) is 29.6 Å². The van der Waals surface area contributed by atoms with E-state index >= 15 is 0 Å². The van der Waals surface area contributed by atoms with Crippen molar-refractivity contribution in [1.29, 1.82) is 0 Å². The summed E-state index contributed by atoms with van der Waals surface area (Å²) in [5.74, 6) is -0.692. The Labute approximate surface area is 196 Å². The Balaban J connectivity index is 1.55. The van der Waals surface area contributed by atoms with Crippen LogP contribution in [0.2, 0.25) is 0 Å². The van der Waals surface area contributed by atoms with Gasteiger partial charge in [-0.25, -0.2) is 16.8 Å². The maximum Gasteiger partial charge on any atom is 0.394 e. The first-order valence-corrected chi connectivity index (χ1v) is 13.7. The number of halogens is 4. The summed E-state index contributed by atoms with van der Waals surface area (Å²) in [6, 6.07) is 8.76. The first-order valence-electron chi connectivity index (χ1n) is 9.58. The van der Waals surface area contributed by atoms with E-state index in [1.54, 1.807) is 0 Å². The van der Waals surface area contributed by atoms with Gasteiger partial charge in [0, 0.05) is 16.3 Å². The molecule has 7 nitrogen and oxygen atoms in total. The third-order valence-electron chi connectivity index (χ3n) is 6.04. The molecular formula is C20H18BrF3N2O5S2. The van der Waals surface area contributed by atoms with Crippen molar-refractivity contribution >= 4 is 47.4 Å². The summed E-state index contributed by atoms with van der Waals surface area (Å²) in [6.07, 6.45) is -3.91. The van der Waals surface area contributed by atoms with Crippen molar-refractivity contribution in [3.8, 4) is 0 Å². The predicted molar refractivity (Wildman–Crippen MR) is 117 cm³/mol. The maximum atomic E-state index is 13.1. The molecule has 0 aromatic heterocycles. The van der Waals surface area contributed by atoms with Crippen LogP contribution in [0.3, 0.4) is 0 Å². The molecular weight excluding hydrogens is 549 g/mol. The van der Waals surface area contributed by atoms with E-state index in [0.29, 0.717) is 4.47 Å². The van der Waals surface area contributed by atoms with Crippen LogP contribution < -0.4 is 10.0 Å². The molecule has 0 heterocycles. The second-order valence-corrected chi connectivity index (χ2v) is 13.2. The second-order valence-electron chi connectivity index (χ2n) is 8.58. The molecule has 0 spiro atoms. The van der Waals surface area contributed by atoms with Gasteiger partial charge in [-0.1, -0.05) is 15.9 Å². The summed E-state index contributed by atoms with van der Waals surface area (Å²) in [4.78, 5) is 12.5. The van der Waals surface area contributed by atoms with E-state index in [0.717, 1.165) is 30.5 Å². The molecule has 3 saturated carbocycles. The zero-order valence-electron chi connectivity index (χ0n) is 17.0. The lowest BCUT2D eigenvalue weighted by molar-refractivity contribution is -0.336. The van der Waals surface area contributed by atoms with Gasteiger partial charge in [0.05, 0.1) is 26.5 Å². The third kappa shape index (κ3) is 4.26. The summed E-state index contributed by atoms with van der Waals surface area (Å²) >= 11 is 3.21. The number of hydrogen-bond donors (Lipinski definition) is 2. The quantitative estimate of drug-likeness (QED) is 0.551. The predicted octanol–water partition coefficient (Wildman–Crippen LogP) is 3.87. The molecule has 0 saturated heterocycles. The number of benzene rings is 2. The van der Waals surface area contributed by atoms with Crippen LogP contribution in [0.25, 0.3) is 0 Å². The molecule has 2 aromatic carbocycles. The minimum absolute atomic E-state index is 0.0553. The van der Waals surface area contributed by atoms with E-state index in [2.05, 4.69) is 26.0 Å².